The number of hydrogen-bond acceptors (Lipinski definition) is 7. The van der Waals surface area contributed by atoms with Crippen LogP contribution in [0.2, 0.25) is 0 Å². The number of amides is 1. The lowest BCUT2D eigenvalue weighted by atomic mass is 9.88. The summed E-state index contributed by atoms with van der Waals surface area (Å²) in [5.41, 5.74) is 7.81. The molecule has 3 aliphatic rings. The fraction of sp³-hybridized carbons (Fsp3) is 0.475. The SMILES string of the molecule is [C-]#[N+]CCOP(OCCN1CCN(C(=O)c2ccccc2-c2c3cc(C)c(=NCC)cc-3oc3cc(C)c(C)cc23)CC1)N(C(C)C)C(C)C. The molecule has 1 fully saturated rings. The number of carbonyl (C=O) groups is 1. The number of piperazine rings is 1. The summed E-state index contributed by atoms with van der Waals surface area (Å²) in [6, 6.07) is 17.0. The number of fused-ring (bicyclic) bond motifs is 2. The van der Waals surface area contributed by atoms with E-state index in [1.165, 1.54) is 5.56 Å². The average Bonchev–Trinajstić information content (AvgIpc) is 3.08. The molecule has 0 spiro atoms. The molecule has 2 aromatic rings. The summed E-state index contributed by atoms with van der Waals surface area (Å²) in [6.07, 6.45) is 0. The van der Waals surface area contributed by atoms with Crippen LogP contribution in [-0.2, 0) is 9.05 Å². The smallest absolute Gasteiger partial charge is 0.259 e. The van der Waals surface area contributed by atoms with Crippen LogP contribution < -0.4 is 5.36 Å². The maximum Gasteiger partial charge on any atom is 0.259 e. The summed E-state index contributed by atoms with van der Waals surface area (Å²) in [4.78, 5) is 26.8. The molecule has 0 bridgehead atoms. The van der Waals surface area contributed by atoms with Crippen molar-refractivity contribution in [1.82, 2.24) is 14.5 Å². The molecule has 0 radical (unpaired) electrons. The maximum absolute atomic E-state index is 14.3. The lowest BCUT2D eigenvalue weighted by Crippen LogP contribution is -2.49. The van der Waals surface area contributed by atoms with Gasteiger partial charge in [0.1, 0.15) is 18.0 Å². The Morgan fingerprint density at radius 1 is 0.940 bits per heavy atom. The van der Waals surface area contributed by atoms with Crippen molar-refractivity contribution >= 4 is 25.4 Å². The van der Waals surface area contributed by atoms with Gasteiger partial charge in [-0.05, 0) is 102 Å². The molecule has 1 saturated heterocycles. The van der Waals surface area contributed by atoms with E-state index in [2.05, 4.69) is 87.1 Å². The molecule has 0 aromatic heterocycles. The minimum absolute atomic E-state index is 0.0398. The van der Waals surface area contributed by atoms with Crippen molar-refractivity contribution in [2.24, 2.45) is 4.99 Å². The Hall–Kier alpha value is -3.64. The third kappa shape index (κ3) is 8.45. The molecular formula is C40H52N5O4P. The third-order valence-corrected chi connectivity index (χ3v) is 11.4. The molecule has 0 N–H and O–H groups in total. The van der Waals surface area contributed by atoms with Gasteiger partial charge in [-0.3, -0.25) is 14.7 Å². The van der Waals surface area contributed by atoms with E-state index in [1.807, 2.05) is 36.1 Å². The average molecular weight is 698 g/mol. The van der Waals surface area contributed by atoms with Gasteiger partial charge in [-0.1, -0.05) is 18.2 Å². The van der Waals surface area contributed by atoms with Crippen molar-refractivity contribution < 1.29 is 18.3 Å². The lowest BCUT2D eigenvalue weighted by molar-refractivity contribution is 0.0615. The molecule has 2 aromatic carbocycles. The van der Waals surface area contributed by atoms with E-state index in [9.17, 15) is 4.79 Å². The van der Waals surface area contributed by atoms with Gasteiger partial charge in [0.25, 0.3) is 14.4 Å². The highest BCUT2D eigenvalue weighted by Gasteiger charge is 2.29. The summed E-state index contributed by atoms with van der Waals surface area (Å²) in [7, 11) is -1.27. The fourth-order valence-corrected chi connectivity index (χ4v) is 8.28. The van der Waals surface area contributed by atoms with Gasteiger partial charge in [-0.2, -0.15) is 0 Å². The van der Waals surface area contributed by atoms with E-state index in [4.69, 9.17) is 25.0 Å². The molecule has 1 amide bonds. The Bertz CT molecular complexity index is 1860. The Balaban J connectivity index is 1.36. The van der Waals surface area contributed by atoms with Crippen molar-refractivity contribution in [3.05, 3.63) is 87.6 Å². The van der Waals surface area contributed by atoms with Gasteiger partial charge < -0.3 is 23.2 Å². The summed E-state index contributed by atoms with van der Waals surface area (Å²) in [6.45, 7) is 29.5. The summed E-state index contributed by atoms with van der Waals surface area (Å²) >= 11 is 0. The van der Waals surface area contributed by atoms with Crippen LogP contribution in [0.5, 0.6) is 0 Å². The van der Waals surface area contributed by atoms with E-state index in [0.29, 0.717) is 45.0 Å². The molecule has 2 aliphatic heterocycles. The first-order valence-corrected chi connectivity index (χ1v) is 18.9. The highest BCUT2D eigenvalue weighted by atomic mass is 31.2. The van der Waals surface area contributed by atoms with E-state index in [1.54, 1.807) is 0 Å². The largest absolute Gasteiger partial charge is 0.456 e. The monoisotopic (exact) mass is 697 g/mol. The molecule has 1 atom stereocenters. The highest BCUT2D eigenvalue weighted by molar-refractivity contribution is 7.44. The van der Waals surface area contributed by atoms with Crippen LogP contribution in [0.3, 0.4) is 0 Å². The second kappa shape index (κ2) is 17.0. The Morgan fingerprint density at radius 3 is 2.30 bits per heavy atom. The zero-order chi connectivity index (χ0) is 35.9. The van der Waals surface area contributed by atoms with Crippen LogP contribution in [0.1, 0.15) is 61.7 Å². The second-order valence-corrected chi connectivity index (χ2v) is 15.0. The highest BCUT2D eigenvalue weighted by Crippen LogP contribution is 2.46. The summed E-state index contributed by atoms with van der Waals surface area (Å²) in [5.74, 6) is 0.801. The number of aryl methyl sites for hydroxylation is 3. The van der Waals surface area contributed by atoms with Crippen molar-refractivity contribution in [3.8, 4) is 22.5 Å². The van der Waals surface area contributed by atoms with Gasteiger partial charge in [0, 0.05) is 79.5 Å². The van der Waals surface area contributed by atoms with Crippen LogP contribution in [0.15, 0.2) is 57.9 Å². The Morgan fingerprint density at radius 2 is 1.62 bits per heavy atom. The molecule has 5 rings (SSSR count). The standard InChI is InChI=1S/C40H52N5O4P/c1-10-42-36-26-38-35(24-31(36)8)39(34-23-29(6)30(7)25-37(34)49-38)32-13-11-12-14-33(32)40(46)44-18-16-43(17-19-44)20-22-48-50(47-21-15-41-9)45(27(2)3)28(4)5/h11-14,23-28H,10,15-22H2,1-8H3. The number of benzene rings is 3. The van der Waals surface area contributed by atoms with Gasteiger partial charge in [0.2, 0.25) is 6.54 Å². The van der Waals surface area contributed by atoms with Crippen molar-refractivity contribution in [2.45, 2.75) is 67.5 Å². The minimum atomic E-state index is -1.27. The van der Waals surface area contributed by atoms with Gasteiger partial charge in [-0.15, -0.1) is 0 Å². The van der Waals surface area contributed by atoms with E-state index in [-0.39, 0.29) is 18.0 Å². The predicted octanol–water partition coefficient (Wildman–Crippen LogP) is 8.11. The van der Waals surface area contributed by atoms with Crippen LogP contribution in [0.25, 0.3) is 38.3 Å². The van der Waals surface area contributed by atoms with E-state index in [0.717, 1.165) is 69.5 Å². The number of hydrogen-bond donors (Lipinski definition) is 0. The van der Waals surface area contributed by atoms with E-state index >= 15 is 0 Å². The first-order chi connectivity index (χ1) is 24.0. The first-order valence-electron chi connectivity index (χ1n) is 17.8. The van der Waals surface area contributed by atoms with Gasteiger partial charge in [-0.25, -0.2) is 11.2 Å². The van der Waals surface area contributed by atoms with Gasteiger partial charge >= 0.3 is 0 Å². The van der Waals surface area contributed by atoms with Crippen LogP contribution >= 0.6 is 8.53 Å². The zero-order valence-electron chi connectivity index (χ0n) is 31.0. The van der Waals surface area contributed by atoms with E-state index < -0.39 is 8.53 Å². The molecule has 266 valence electrons. The molecule has 2 heterocycles. The fourth-order valence-electron chi connectivity index (χ4n) is 6.71. The number of carbonyl (C=O) groups excluding carboxylic acids is 1. The molecule has 9 nitrogen and oxygen atoms in total. The normalized spacial score (nSPS) is 15.2. The van der Waals surface area contributed by atoms with Crippen LogP contribution in [0, 0.1) is 27.3 Å². The Kier molecular flexibility index (Phi) is 12.8. The molecule has 10 heteroatoms. The maximum atomic E-state index is 14.3. The molecule has 0 saturated carbocycles. The van der Waals surface area contributed by atoms with Crippen molar-refractivity contribution in [1.29, 1.82) is 0 Å². The van der Waals surface area contributed by atoms with Crippen LogP contribution in [0.4, 0.5) is 0 Å². The predicted molar refractivity (Wildman–Crippen MR) is 203 cm³/mol. The summed E-state index contributed by atoms with van der Waals surface area (Å²) < 4.78 is 21.2. The van der Waals surface area contributed by atoms with Crippen LogP contribution in [-0.4, -0.2) is 91.5 Å². The van der Waals surface area contributed by atoms with Gasteiger partial charge in [0.15, 0.2) is 0 Å². The first kappa shape index (κ1) is 37.6. The molecule has 1 unspecified atom stereocenters. The molecule has 1 aliphatic carbocycles. The molecule has 50 heavy (non-hydrogen) atoms. The molecular weight excluding hydrogens is 645 g/mol. The van der Waals surface area contributed by atoms with Crippen molar-refractivity contribution in [3.63, 3.8) is 0 Å². The zero-order valence-corrected chi connectivity index (χ0v) is 31.8. The quantitative estimate of drug-likeness (QED) is 0.0609. The number of rotatable bonds is 13. The Labute approximate surface area is 299 Å². The second-order valence-electron chi connectivity index (χ2n) is 13.6. The minimum Gasteiger partial charge on any atom is -0.456 e. The lowest BCUT2D eigenvalue weighted by Gasteiger charge is -2.37. The van der Waals surface area contributed by atoms with Crippen molar-refractivity contribution in [2.75, 3.05) is 59.0 Å². The summed E-state index contributed by atoms with van der Waals surface area (Å²) in [5, 5.41) is 1.92. The van der Waals surface area contributed by atoms with Gasteiger partial charge in [0.05, 0.1) is 12.0 Å². The topological polar surface area (TPSA) is 75.1 Å². The third-order valence-electron chi connectivity index (χ3n) is 9.33. The number of nitrogens with zero attached hydrogens (tertiary/aromatic N) is 5.